The molecule has 0 aromatic heterocycles. The smallest absolute Gasteiger partial charge is 0.457 e. The molecule has 0 aliphatic heterocycles. The van der Waals surface area contributed by atoms with E-state index >= 15 is 0 Å². The summed E-state index contributed by atoms with van der Waals surface area (Å²) in [5.74, 6) is -0.332. The van der Waals surface area contributed by atoms with Gasteiger partial charge in [0.15, 0.2) is 0 Å². The summed E-state index contributed by atoms with van der Waals surface area (Å²) in [4.78, 5) is 22.3. The lowest BCUT2D eigenvalue weighted by Gasteiger charge is -2.20. The van der Waals surface area contributed by atoms with E-state index in [9.17, 15) is 14.3 Å². The fourth-order valence-electron chi connectivity index (χ4n) is 6.53. The summed E-state index contributed by atoms with van der Waals surface area (Å²) in [6.45, 7) is 4.93. The van der Waals surface area contributed by atoms with Gasteiger partial charge in [-0.1, -0.05) is 206 Å². The number of hydrogen-bond donors (Lipinski definition) is 2. The van der Waals surface area contributed by atoms with Gasteiger partial charge < -0.3 is 20.1 Å². The minimum atomic E-state index is -4.26. The van der Waals surface area contributed by atoms with Crippen LogP contribution in [0.15, 0.2) is 0 Å². The van der Waals surface area contributed by atoms with Crippen LogP contribution in [0, 0.1) is 0 Å². The average molecular weight is 748 g/mol. The molecule has 0 amide bonds. The van der Waals surface area contributed by atoms with Crippen LogP contribution in [-0.4, -0.2) is 49.9 Å². The van der Waals surface area contributed by atoms with E-state index in [0.29, 0.717) is 13.0 Å². The fourth-order valence-corrected chi connectivity index (χ4v) is 7.29. The highest BCUT2D eigenvalue weighted by Gasteiger charge is 2.25. The molecule has 0 aromatic carbocycles. The highest BCUT2D eigenvalue weighted by molar-refractivity contribution is 7.47. The molecule has 2 unspecified atom stereocenters. The van der Waals surface area contributed by atoms with E-state index in [2.05, 4.69) is 13.8 Å². The summed E-state index contributed by atoms with van der Waals surface area (Å²) in [5.41, 5.74) is 5.35. The van der Waals surface area contributed by atoms with Crippen LogP contribution in [0.3, 0.4) is 0 Å². The van der Waals surface area contributed by atoms with Gasteiger partial charge in [0.25, 0.3) is 0 Å². The summed E-state index contributed by atoms with van der Waals surface area (Å²) < 4.78 is 33.3. The van der Waals surface area contributed by atoms with Gasteiger partial charge in [0.2, 0.25) is 0 Å². The molecular formula is C42H86NO7P. The third-order valence-corrected chi connectivity index (χ3v) is 10.8. The molecule has 0 aromatic rings. The zero-order chi connectivity index (χ0) is 37.4. The molecule has 0 heterocycles. The number of hydrogen-bond acceptors (Lipinski definition) is 7. The van der Waals surface area contributed by atoms with Gasteiger partial charge in [-0.05, 0) is 12.8 Å². The molecule has 8 nitrogen and oxygen atoms in total. The molecule has 0 fully saturated rings. The highest BCUT2D eigenvalue weighted by Crippen LogP contribution is 2.43. The Morgan fingerprint density at radius 1 is 0.510 bits per heavy atom. The Kier molecular flexibility index (Phi) is 40.3. The van der Waals surface area contributed by atoms with Crippen LogP contribution in [0.25, 0.3) is 0 Å². The highest BCUT2D eigenvalue weighted by atomic mass is 31.2. The van der Waals surface area contributed by atoms with Crippen molar-refractivity contribution in [3.05, 3.63) is 0 Å². The van der Waals surface area contributed by atoms with Gasteiger partial charge >= 0.3 is 13.8 Å². The lowest BCUT2D eigenvalue weighted by molar-refractivity contribution is -0.154. The van der Waals surface area contributed by atoms with Gasteiger partial charge in [-0.15, -0.1) is 0 Å². The minimum Gasteiger partial charge on any atom is -0.457 e. The Morgan fingerprint density at radius 2 is 0.863 bits per heavy atom. The second-order valence-electron chi connectivity index (χ2n) is 14.9. The van der Waals surface area contributed by atoms with Crippen molar-refractivity contribution in [3.63, 3.8) is 0 Å². The first kappa shape index (κ1) is 50.5. The van der Waals surface area contributed by atoms with Crippen LogP contribution >= 0.6 is 7.82 Å². The Morgan fingerprint density at radius 3 is 1.24 bits per heavy atom. The predicted molar refractivity (Wildman–Crippen MR) is 215 cm³/mol. The van der Waals surface area contributed by atoms with Crippen molar-refractivity contribution in [2.24, 2.45) is 5.73 Å². The van der Waals surface area contributed by atoms with E-state index in [4.69, 9.17) is 24.3 Å². The van der Waals surface area contributed by atoms with Gasteiger partial charge in [-0.3, -0.25) is 13.8 Å². The molecule has 0 spiro atoms. The SMILES string of the molecule is CCCCCCCCCCCCCCCCCCCCCCCCCCCOCC(COP(=O)(O)OCCN)OC(=O)CCCCCCCCC. The van der Waals surface area contributed by atoms with E-state index in [-0.39, 0.29) is 32.3 Å². The molecule has 0 aliphatic rings. The van der Waals surface area contributed by atoms with Crippen molar-refractivity contribution < 1.29 is 32.8 Å². The van der Waals surface area contributed by atoms with Crippen LogP contribution in [0.5, 0.6) is 0 Å². The molecule has 0 saturated carbocycles. The molecule has 0 bridgehead atoms. The van der Waals surface area contributed by atoms with Crippen LogP contribution in [-0.2, 0) is 27.9 Å². The van der Waals surface area contributed by atoms with Crippen molar-refractivity contribution in [1.29, 1.82) is 0 Å². The van der Waals surface area contributed by atoms with Gasteiger partial charge in [0, 0.05) is 19.6 Å². The zero-order valence-corrected chi connectivity index (χ0v) is 34.8. The van der Waals surface area contributed by atoms with Gasteiger partial charge in [-0.2, -0.15) is 0 Å². The Balaban J connectivity index is 3.73. The monoisotopic (exact) mass is 748 g/mol. The Hall–Kier alpha value is -0.500. The quantitative estimate of drug-likeness (QED) is 0.0360. The maximum atomic E-state index is 12.4. The third kappa shape index (κ3) is 40.5. The van der Waals surface area contributed by atoms with Crippen LogP contribution in [0.1, 0.15) is 226 Å². The second kappa shape index (κ2) is 40.7. The van der Waals surface area contributed by atoms with Crippen molar-refractivity contribution >= 4 is 13.8 Å². The molecule has 51 heavy (non-hydrogen) atoms. The number of rotatable bonds is 43. The van der Waals surface area contributed by atoms with Crippen LogP contribution in [0.4, 0.5) is 0 Å². The third-order valence-electron chi connectivity index (χ3n) is 9.77. The van der Waals surface area contributed by atoms with Crippen molar-refractivity contribution in [2.45, 2.75) is 232 Å². The second-order valence-corrected chi connectivity index (χ2v) is 16.4. The van der Waals surface area contributed by atoms with E-state index in [1.165, 1.54) is 173 Å². The van der Waals surface area contributed by atoms with E-state index in [0.717, 1.165) is 32.1 Å². The summed E-state index contributed by atoms with van der Waals surface area (Å²) >= 11 is 0. The summed E-state index contributed by atoms with van der Waals surface area (Å²) in [5, 5.41) is 0. The fraction of sp³-hybridized carbons (Fsp3) is 0.976. The Bertz CT molecular complexity index is 757. The van der Waals surface area contributed by atoms with Crippen molar-refractivity contribution in [3.8, 4) is 0 Å². The van der Waals surface area contributed by atoms with Crippen molar-refractivity contribution in [1.82, 2.24) is 0 Å². The van der Waals surface area contributed by atoms with Crippen molar-refractivity contribution in [2.75, 3.05) is 33.0 Å². The molecular weight excluding hydrogens is 661 g/mol. The number of unbranched alkanes of at least 4 members (excludes halogenated alkanes) is 30. The van der Waals surface area contributed by atoms with Crippen LogP contribution in [0.2, 0.25) is 0 Å². The first-order valence-corrected chi connectivity index (χ1v) is 23.5. The minimum absolute atomic E-state index is 0.0907. The molecule has 9 heteroatoms. The summed E-state index contributed by atoms with van der Waals surface area (Å²) in [6, 6.07) is 0. The molecule has 2 atom stereocenters. The zero-order valence-electron chi connectivity index (χ0n) is 33.9. The lowest BCUT2D eigenvalue weighted by Crippen LogP contribution is -2.28. The maximum absolute atomic E-state index is 12.4. The molecule has 306 valence electrons. The largest absolute Gasteiger partial charge is 0.472 e. The van der Waals surface area contributed by atoms with E-state index < -0.39 is 13.9 Å². The number of ether oxygens (including phenoxy) is 2. The maximum Gasteiger partial charge on any atom is 0.472 e. The number of carbonyl (C=O) groups is 1. The Labute approximate surface area is 316 Å². The van der Waals surface area contributed by atoms with Gasteiger partial charge in [-0.25, -0.2) is 4.57 Å². The van der Waals surface area contributed by atoms with Gasteiger partial charge in [0.05, 0.1) is 19.8 Å². The summed E-state index contributed by atoms with van der Waals surface area (Å²) in [6.07, 6.45) is 41.6. The number of phosphoric acid groups is 1. The molecule has 0 radical (unpaired) electrons. The standard InChI is InChI=1S/C42H86NO7P/c1-3-5-7-9-11-12-13-14-15-16-17-18-19-20-21-22-23-24-25-26-27-28-30-32-34-37-47-39-41(40-49-51(45,46)48-38-36-43)50-42(44)35-33-31-29-10-8-6-4-2/h41H,3-40,43H2,1-2H3,(H,45,46). The van der Waals surface area contributed by atoms with Gasteiger partial charge in [0.1, 0.15) is 6.10 Å². The number of nitrogens with two attached hydrogens (primary N) is 1. The van der Waals surface area contributed by atoms with E-state index in [1.807, 2.05) is 0 Å². The summed E-state index contributed by atoms with van der Waals surface area (Å²) in [7, 11) is -4.26. The van der Waals surface area contributed by atoms with E-state index in [1.54, 1.807) is 0 Å². The first-order chi connectivity index (χ1) is 24.9. The molecule has 3 N–H and O–H groups in total. The molecule has 0 saturated heterocycles. The molecule has 0 aliphatic carbocycles. The number of carbonyl (C=O) groups excluding carboxylic acids is 1. The molecule has 0 rings (SSSR count). The topological polar surface area (TPSA) is 117 Å². The predicted octanol–water partition coefficient (Wildman–Crippen LogP) is 12.9. The number of esters is 1. The lowest BCUT2D eigenvalue weighted by atomic mass is 10.0. The normalized spacial score (nSPS) is 13.4. The number of phosphoric ester groups is 1. The average Bonchev–Trinajstić information content (AvgIpc) is 3.12. The first-order valence-electron chi connectivity index (χ1n) is 22.0. The van der Waals surface area contributed by atoms with Crippen LogP contribution < -0.4 is 5.73 Å².